The SMILES string of the molecule is CC1CCC(C(=O)C2CCC(C)CC(C3CCC3)C2)CC(C2CCCC2)C1. The van der Waals surface area contributed by atoms with E-state index in [0.29, 0.717) is 17.6 Å². The van der Waals surface area contributed by atoms with Crippen LogP contribution in [0.25, 0.3) is 0 Å². The molecule has 6 unspecified atom stereocenters. The second-order valence-corrected chi connectivity index (χ2v) is 11.4. The predicted molar refractivity (Wildman–Crippen MR) is 114 cm³/mol. The van der Waals surface area contributed by atoms with Gasteiger partial charge < -0.3 is 0 Å². The van der Waals surface area contributed by atoms with Gasteiger partial charge in [0.05, 0.1) is 0 Å². The van der Waals surface area contributed by atoms with Crippen LogP contribution in [0.15, 0.2) is 0 Å². The average molecular weight is 373 g/mol. The standard InChI is InChI=1S/C26H44O/c1-18-10-12-22(16-24(14-18)20-6-3-4-7-20)26(27)23-13-11-19(2)15-25(17-23)21-8-5-9-21/h18-25H,3-17H2,1-2H3. The van der Waals surface area contributed by atoms with Gasteiger partial charge in [-0.15, -0.1) is 0 Å². The van der Waals surface area contributed by atoms with E-state index >= 15 is 0 Å². The fourth-order valence-corrected chi connectivity index (χ4v) is 7.36. The van der Waals surface area contributed by atoms with E-state index in [9.17, 15) is 4.79 Å². The lowest BCUT2D eigenvalue weighted by molar-refractivity contribution is -0.128. The summed E-state index contributed by atoms with van der Waals surface area (Å²) in [4.78, 5) is 13.7. The molecule has 0 spiro atoms. The molecule has 4 rings (SSSR count). The Morgan fingerprint density at radius 2 is 0.963 bits per heavy atom. The molecule has 27 heavy (non-hydrogen) atoms. The van der Waals surface area contributed by atoms with Gasteiger partial charge in [0.2, 0.25) is 0 Å². The van der Waals surface area contributed by atoms with Crippen molar-refractivity contribution in [2.45, 2.75) is 110 Å². The van der Waals surface area contributed by atoms with Crippen LogP contribution >= 0.6 is 0 Å². The monoisotopic (exact) mass is 372 g/mol. The third kappa shape index (κ3) is 4.81. The van der Waals surface area contributed by atoms with Crippen LogP contribution in [0.4, 0.5) is 0 Å². The van der Waals surface area contributed by atoms with Crippen molar-refractivity contribution in [3.63, 3.8) is 0 Å². The first kappa shape index (κ1) is 20.0. The molecule has 4 saturated carbocycles. The Balaban J connectivity index is 1.42. The van der Waals surface area contributed by atoms with Crippen molar-refractivity contribution in [1.82, 2.24) is 0 Å². The van der Waals surface area contributed by atoms with E-state index in [1.165, 1.54) is 96.3 Å². The number of Topliss-reactive ketones (excluding diaryl/α,β-unsaturated/α-hetero) is 1. The van der Waals surface area contributed by atoms with Crippen LogP contribution in [0, 0.1) is 47.3 Å². The summed E-state index contributed by atoms with van der Waals surface area (Å²) < 4.78 is 0. The number of carbonyl (C=O) groups is 1. The normalized spacial score (nSPS) is 42.3. The van der Waals surface area contributed by atoms with E-state index in [1.54, 1.807) is 0 Å². The molecule has 0 aliphatic heterocycles. The fourth-order valence-electron chi connectivity index (χ4n) is 7.36. The van der Waals surface area contributed by atoms with Crippen molar-refractivity contribution in [3.8, 4) is 0 Å². The van der Waals surface area contributed by atoms with Crippen LogP contribution in [0.3, 0.4) is 0 Å². The highest BCUT2D eigenvalue weighted by molar-refractivity contribution is 5.83. The fraction of sp³-hybridized carbons (Fsp3) is 0.962. The zero-order valence-corrected chi connectivity index (χ0v) is 18.1. The summed E-state index contributed by atoms with van der Waals surface area (Å²) in [7, 11) is 0. The Hall–Kier alpha value is -0.330. The first-order chi connectivity index (χ1) is 13.1. The third-order valence-electron chi connectivity index (χ3n) is 9.29. The van der Waals surface area contributed by atoms with Crippen molar-refractivity contribution in [1.29, 1.82) is 0 Å². The molecule has 0 heterocycles. The summed E-state index contributed by atoms with van der Waals surface area (Å²) in [5.41, 5.74) is 0. The molecule has 0 aromatic carbocycles. The largest absolute Gasteiger partial charge is 0.299 e. The maximum absolute atomic E-state index is 13.7. The quantitative estimate of drug-likeness (QED) is 0.469. The van der Waals surface area contributed by atoms with Crippen molar-refractivity contribution in [3.05, 3.63) is 0 Å². The average Bonchev–Trinajstić information content (AvgIpc) is 2.98. The number of hydrogen-bond acceptors (Lipinski definition) is 1. The molecule has 0 aromatic heterocycles. The Bertz CT molecular complexity index is 486. The van der Waals surface area contributed by atoms with E-state index in [-0.39, 0.29) is 0 Å². The Morgan fingerprint density at radius 1 is 0.519 bits per heavy atom. The molecule has 0 amide bonds. The van der Waals surface area contributed by atoms with E-state index in [1.807, 2.05) is 0 Å². The molecule has 0 aromatic rings. The molecule has 0 saturated heterocycles. The van der Waals surface area contributed by atoms with E-state index in [2.05, 4.69) is 13.8 Å². The Labute approximate surface area is 168 Å². The Morgan fingerprint density at radius 3 is 1.37 bits per heavy atom. The molecule has 154 valence electrons. The summed E-state index contributed by atoms with van der Waals surface area (Å²) in [5, 5.41) is 0. The van der Waals surface area contributed by atoms with Gasteiger partial charge in [-0.05, 0) is 74.0 Å². The molecule has 1 nitrogen and oxygen atoms in total. The van der Waals surface area contributed by atoms with Crippen LogP contribution in [-0.2, 0) is 4.79 Å². The first-order valence-electron chi connectivity index (χ1n) is 12.6. The molecule has 6 atom stereocenters. The van der Waals surface area contributed by atoms with Gasteiger partial charge >= 0.3 is 0 Å². The van der Waals surface area contributed by atoms with Crippen LogP contribution < -0.4 is 0 Å². The lowest BCUT2D eigenvalue weighted by Crippen LogP contribution is -2.30. The predicted octanol–water partition coefficient (Wildman–Crippen LogP) is 7.43. The lowest BCUT2D eigenvalue weighted by atomic mass is 9.69. The molecular formula is C26H44O. The molecule has 1 heteroatoms. The minimum atomic E-state index is 0.404. The van der Waals surface area contributed by atoms with Crippen LogP contribution in [0.5, 0.6) is 0 Å². The third-order valence-corrected chi connectivity index (χ3v) is 9.29. The minimum Gasteiger partial charge on any atom is -0.299 e. The molecular weight excluding hydrogens is 328 g/mol. The minimum absolute atomic E-state index is 0.404. The second kappa shape index (κ2) is 9.00. The maximum Gasteiger partial charge on any atom is 0.139 e. The number of hydrogen-bond donors (Lipinski definition) is 0. The number of ketones is 1. The van der Waals surface area contributed by atoms with Crippen LogP contribution in [0.2, 0.25) is 0 Å². The van der Waals surface area contributed by atoms with Gasteiger partial charge in [-0.3, -0.25) is 4.79 Å². The zero-order valence-electron chi connectivity index (χ0n) is 18.1. The van der Waals surface area contributed by atoms with E-state index < -0.39 is 0 Å². The molecule has 0 radical (unpaired) electrons. The maximum atomic E-state index is 13.7. The molecule has 4 aliphatic carbocycles. The van der Waals surface area contributed by atoms with Crippen molar-refractivity contribution >= 4 is 5.78 Å². The first-order valence-corrected chi connectivity index (χ1v) is 12.6. The number of rotatable bonds is 4. The molecule has 4 fully saturated rings. The summed E-state index contributed by atoms with van der Waals surface area (Å²) in [6, 6.07) is 0. The molecule has 0 N–H and O–H groups in total. The summed E-state index contributed by atoms with van der Waals surface area (Å²) in [5.74, 6) is 6.82. The highest BCUT2D eigenvalue weighted by Gasteiger charge is 2.39. The van der Waals surface area contributed by atoms with Gasteiger partial charge in [0.15, 0.2) is 0 Å². The van der Waals surface area contributed by atoms with E-state index in [0.717, 1.165) is 35.5 Å². The van der Waals surface area contributed by atoms with Crippen molar-refractivity contribution < 1.29 is 4.79 Å². The molecule has 0 bridgehead atoms. The van der Waals surface area contributed by atoms with Gasteiger partial charge in [0.1, 0.15) is 5.78 Å². The summed E-state index contributed by atoms with van der Waals surface area (Å²) >= 11 is 0. The lowest BCUT2D eigenvalue weighted by Gasteiger charge is -2.35. The number of carbonyl (C=O) groups excluding carboxylic acids is 1. The van der Waals surface area contributed by atoms with Gasteiger partial charge in [-0.2, -0.15) is 0 Å². The van der Waals surface area contributed by atoms with Crippen LogP contribution in [0.1, 0.15) is 110 Å². The van der Waals surface area contributed by atoms with Gasteiger partial charge in [0.25, 0.3) is 0 Å². The topological polar surface area (TPSA) is 17.1 Å². The Kier molecular flexibility index (Phi) is 6.65. The van der Waals surface area contributed by atoms with Crippen LogP contribution in [-0.4, -0.2) is 5.78 Å². The van der Waals surface area contributed by atoms with Crippen molar-refractivity contribution in [2.24, 2.45) is 47.3 Å². The van der Waals surface area contributed by atoms with Gasteiger partial charge in [-0.1, -0.05) is 71.6 Å². The van der Waals surface area contributed by atoms with Crippen molar-refractivity contribution in [2.75, 3.05) is 0 Å². The van der Waals surface area contributed by atoms with Gasteiger partial charge in [0, 0.05) is 11.8 Å². The molecule has 4 aliphatic rings. The smallest absolute Gasteiger partial charge is 0.139 e. The zero-order chi connectivity index (χ0) is 18.8. The van der Waals surface area contributed by atoms with E-state index in [4.69, 9.17) is 0 Å². The summed E-state index contributed by atoms with van der Waals surface area (Å²) in [6.07, 6.45) is 20.4. The second-order valence-electron chi connectivity index (χ2n) is 11.4. The highest BCUT2D eigenvalue weighted by Crippen LogP contribution is 2.46. The highest BCUT2D eigenvalue weighted by atomic mass is 16.1. The summed E-state index contributed by atoms with van der Waals surface area (Å²) in [6.45, 7) is 4.90. The van der Waals surface area contributed by atoms with Gasteiger partial charge in [-0.25, -0.2) is 0 Å².